The van der Waals surface area contributed by atoms with E-state index >= 15 is 0 Å². The number of hydrogen-bond donors (Lipinski definition) is 2. The summed E-state index contributed by atoms with van der Waals surface area (Å²) in [5.74, 6) is -0.918. The zero-order valence-electron chi connectivity index (χ0n) is 20.1. The van der Waals surface area contributed by atoms with Gasteiger partial charge in [0.15, 0.2) is 0 Å². The second kappa shape index (κ2) is 10.9. The number of likely N-dealkylation sites (N-methyl/N-ethyl adjacent to an activating group) is 1. The molecule has 10 heteroatoms. The van der Waals surface area contributed by atoms with E-state index in [0.717, 1.165) is 18.7 Å². The van der Waals surface area contributed by atoms with Gasteiger partial charge in [-0.25, -0.2) is 8.42 Å². The average Bonchev–Trinajstić information content (AvgIpc) is 2.80. The molecule has 34 heavy (non-hydrogen) atoms. The molecular formula is C24H32N4O5S. The molecule has 0 bridgehead atoms. The molecule has 1 fully saturated rings. The summed E-state index contributed by atoms with van der Waals surface area (Å²) in [4.78, 5) is 28.3. The number of rotatable bonds is 8. The van der Waals surface area contributed by atoms with Crippen molar-refractivity contribution in [3.63, 3.8) is 0 Å². The van der Waals surface area contributed by atoms with Crippen LogP contribution < -0.4 is 14.9 Å². The number of anilines is 2. The quantitative estimate of drug-likeness (QED) is 0.548. The predicted octanol–water partition coefficient (Wildman–Crippen LogP) is 2.15. The van der Waals surface area contributed by atoms with Gasteiger partial charge in [0.1, 0.15) is 6.54 Å². The molecule has 1 saturated heterocycles. The van der Waals surface area contributed by atoms with Crippen molar-refractivity contribution < 1.29 is 22.7 Å². The molecule has 0 spiro atoms. The van der Waals surface area contributed by atoms with Crippen molar-refractivity contribution in [2.45, 2.75) is 25.7 Å². The number of piperazine rings is 1. The molecule has 1 heterocycles. The lowest BCUT2D eigenvalue weighted by molar-refractivity contribution is -0.143. The first-order chi connectivity index (χ1) is 16.1. The predicted molar refractivity (Wildman–Crippen MR) is 132 cm³/mol. The lowest BCUT2D eigenvalue weighted by Gasteiger charge is -2.31. The first-order valence-corrected chi connectivity index (χ1v) is 12.7. The van der Waals surface area contributed by atoms with E-state index < -0.39 is 21.9 Å². The summed E-state index contributed by atoms with van der Waals surface area (Å²) < 4.78 is 34.3. The summed E-state index contributed by atoms with van der Waals surface area (Å²) in [6.07, 6.45) is 0. The molecule has 1 aliphatic heterocycles. The minimum absolute atomic E-state index is 0.190. The van der Waals surface area contributed by atoms with Gasteiger partial charge in [0.2, 0.25) is 0 Å². The number of sulfonamides is 1. The molecule has 1 amide bonds. The van der Waals surface area contributed by atoms with Gasteiger partial charge >= 0.3 is 5.97 Å². The molecule has 2 aromatic rings. The third-order valence-corrected chi connectivity index (χ3v) is 7.10. The van der Waals surface area contributed by atoms with Gasteiger partial charge in [0.05, 0.1) is 22.9 Å². The lowest BCUT2D eigenvalue weighted by Crippen LogP contribution is -2.43. The van der Waals surface area contributed by atoms with Crippen molar-refractivity contribution in [3.8, 4) is 0 Å². The smallest absolute Gasteiger partial charge is 0.325 e. The maximum absolute atomic E-state index is 13.3. The van der Waals surface area contributed by atoms with Gasteiger partial charge in [-0.3, -0.25) is 14.3 Å². The molecular weight excluding hydrogens is 456 g/mol. The van der Waals surface area contributed by atoms with Gasteiger partial charge in [-0.15, -0.1) is 0 Å². The van der Waals surface area contributed by atoms with Crippen LogP contribution >= 0.6 is 0 Å². The Labute approximate surface area is 201 Å². The summed E-state index contributed by atoms with van der Waals surface area (Å²) in [5, 5.41) is 3.28. The van der Waals surface area contributed by atoms with Crippen molar-refractivity contribution >= 4 is 33.3 Å². The molecule has 184 valence electrons. The molecule has 0 aromatic heterocycles. The van der Waals surface area contributed by atoms with Crippen LogP contribution in [-0.2, 0) is 19.6 Å². The lowest BCUT2D eigenvalue weighted by atomic mass is 10.1. The topological polar surface area (TPSA) is 108 Å². The molecule has 0 atom stereocenters. The number of aryl methyl sites for hydroxylation is 2. The van der Waals surface area contributed by atoms with E-state index in [1.165, 1.54) is 18.0 Å². The Bertz CT molecular complexity index is 1160. The standard InChI is InChI=1S/C24H32N4O5S/c1-5-33-23(29)16-27(4)24(30)19-8-9-21(28-12-10-25-11-13-28)20(15-19)26-34(31,32)22-14-17(2)6-7-18(22)3/h6-9,14-15,25-26H,5,10-13,16H2,1-4H3. The summed E-state index contributed by atoms with van der Waals surface area (Å²) in [5.41, 5.74) is 2.74. The number of benzene rings is 2. The van der Waals surface area contributed by atoms with Gasteiger partial charge in [0, 0.05) is 38.8 Å². The van der Waals surface area contributed by atoms with E-state index in [1.54, 1.807) is 38.1 Å². The van der Waals surface area contributed by atoms with E-state index in [0.29, 0.717) is 30.0 Å². The van der Waals surface area contributed by atoms with Crippen molar-refractivity contribution in [1.29, 1.82) is 0 Å². The van der Waals surface area contributed by atoms with Crippen molar-refractivity contribution in [1.82, 2.24) is 10.2 Å². The Morgan fingerprint density at radius 2 is 1.82 bits per heavy atom. The normalized spacial score (nSPS) is 13.9. The van der Waals surface area contributed by atoms with Crippen molar-refractivity contribution in [2.75, 3.05) is 56.0 Å². The molecule has 9 nitrogen and oxygen atoms in total. The number of ether oxygens (including phenoxy) is 1. The maximum Gasteiger partial charge on any atom is 0.325 e. The third-order valence-electron chi connectivity index (χ3n) is 5.60. The summed E-state index contributed by atoms with van der Waals surface area (Å²) in [6.45, 7) is 8.25. The monoisotopic (exact) mass is 488 g/mol. The largest absolute Gasteiger partial charge is 0.465 e. The van der Waals surface area contributed by atoms with Crippen LogP contribution in [0.3, 0.4) is 0 Å². The van der Waals surface area contributed by atoms with Gasteiger partial charge < -0.3 is 19.9 Å². The molecule has 0 radical (unpaired) electrons. The van der Waals surface area contributed by atoms with E-state index in [1.807, 2.05) is 13.0 Å². The van der Waals surface area contributed by atoms with Gasteiger partial charge in [-0.05, 0) is 56.2 Å². The molecule has 1 aliphatic rings. The van der Waals surface area contributed by atoms with Crippen LogP contribution in [0.4, 0.5) is 11.4 Å². The zero-order chi connectivity index (χ0) is 24.9. The summed E-state index contributed by atoms with van der Waals surface area (Å²) >= 11 is 0. The van der Waals surface area contributed by atoms with Crippen LogP contribution in [0.5, 0.6) is 0 Å². The van der Waals surface area contributed by atoms with Crippen LogP contribution in [-0.4, -0.2) is 71.6 Å². The molecule has 0 saturated carbocycles. The Morgan fingerprint density at radius 1 is 1.12 bits per heavy atom. The minimum Gasteiger partial charge on any atom is -0.465 e. The number of esters is 1. The summed E-state index contributed by atoms with van der Waals surface area (Å²) in [7, 11) is -2.40. The molecule has 2 aromatic carbocycles. The zero-order valence-corrected chi connectivity index (χ0v) is 20.9. The molecule has 2 N–H and O–H groups in total. The van der Waals surface area contributed by atoms with Gasteiger partial charge in [0.25, 0.3) is 15.9 Å². The molecule has 0 unspecified atom stereocenters. The summed E-state index contributed by atoms with van der Waals surface area (Å²) in [6, 6.07) is 10.2. The number of carbonyl (C=O) groups is 2. The Balaban J connectivity index is 1.97. The van der Waals surface area contributed by atoms with Crippen LogP contribution in [0.15, 0.2) is 41.3 Å². The van der Waals surface area contributed by atoms with Crippen molar-refractivity contribution in [2.24, 2.45) is 0 Å². The van der Waals surface area contributed by atoms with Crippen LogP contribution in [0.2, 0.25) is 0 Å². The Morgan fingerprint density at radius 3 is 2.50 bits per heavy atom. The Kier molecular flexibility index (Phi) is 8.16. The average molecular weight is 489 g/mol. The fourth-order valence-corrected chi connectivity index (χ4v) is 5.22. The fraction of sp³-hybridized carbons (Fsp3) is 0.417. The maximum atomic E-state index is 13.3. The van der Waals surface area contributed by atoms with E-state index in [9.17, 15) is 18.0 Å². The minimum atomic E-state index is -3.91. The fourth-order valence-electron chi connectivity index (χ4n) is 3.82. The van der Waals surface area contributed by atoms with Gasteiger partial charge in [-0.2, -0.15) is 0 Å². The SMILES string of the molecule is CCOC(=O)CN(C)C(=O)c1ccc(N2CCNCC2)c(NS(=O)(=O)c2cc(C)ccc2C)c1. The second-order valence-corrected chi connectivity index (χ2v) is 9.96. The Hall–Kier alpha value is -3.11. The highest BCUT2D eigenvalue weighted by atomic mass is 32.2. The third kappa shape index (κ3) is 6.06. The number of hydrogen-bond acceptors (Lipinski definition) is 7. The number of carbonyl (C=O) groups excluding carboxylic acids is 2. The number of amides is 1. The van der Waals surface area contributed by atoms with Crippen molar-refractivity contribution in [3.05, 3.63) is 53.1 Å². The first-order valence-electron chi connectivity index (χ1n) is 11.2. The van der Waals surface area contributed by atoms with E-state index in [-0.39, 0.29) is 23.6 Å². The van der Waals surface area contributed by atoms with Gasteiger partial charge in [-0.1, -0.05) is 12.1 Å². The highest BCUT2D eigenvalue weighted by molar-refractivity contribution is 7.92. The van der Waals surface area contributed by atoms with Crippen LogP contribution in [0, 0.1) is 13.8 Å². The molecule has 3 rings (SSSR count). The van der Waals surface area contributed by atoms with Crippen LogP contribution in [0.1, 0.15) is 28.4 Å². The van der Waals surface area contributed by atoms with Crippen LogP contribution in [0.25, 0.3) is 0 Å². The van der Waals surface area contributed by atoms with E-state index in [4.69, 9.17) is 4.74 Å². The highest BCUT2D eigenvalue weighted by Gasteiger charge is 2.24. The number of nitrogens with zero attached hydrogens (tertiary/aromatic N) is 2. The highest BCUT2D eigenvalue weighted by Crippen LogP contribution is 2.31. The second-order valence-electron chi connectivity index (χ2n) is 8.31. The molecule has 0 aliphatic carbocycles. The number of nitrogens with one attached hydrogen (secondary N) is 2. The van der Waals surface area contributed by atoms with E-state index in [2.05, 4.69) is 14.9 Å². The first kappa shape index (κ1) is 25.5.